The first kappa shape index (κ1) is 31.9. The zero-order valence-corrected chi connectivity index (χ0v) is 31.3. The van der Waals surface area contributed by atoms with Gasteiger partial charge in [0.25, 0.3) is 0 Å². The Labute approximate surface area is 323 Å². The summed E-state index contributed by atoms with van der Waals surface area (Å²) in [6.07, 6.45) is 0. The first-order chi connectivity index (χ1) is 27.0. The fourth-order valence-electron chi connectivity index (χ4n) is 8.72. The monoisotopic (exact) mass is 721 g/mol. The van der Waals surface area contributed by atoms with Gasteiger partial charge in [-0.25, -0.2) is 9.97 Å². The first-order valence-electron chi connectivity index (χ1n) is 18.8. The van der Waals surface area contributed by atoms with Crippen LogP contribution in [0.2, 0.25) is 0 Å². The minimum absolute atomic E-state index is 0.105. The molecule has 4 heteroatoms. The van der Waals surface area contributed by atoms with Gasteiger partial charge in [0.05, 0.1) is 22.4 Å². The van der Waals surface area contributed by atoms with Gasteiger partial charge in [0.1, 0.15) is 0 Å². The zero-order chi connectivity index (χ0) is 36.7. The predicted octanol–water partition coefficient (Wildman–Crippen LogP) is 13.8. The molecular weight excluding hydrogens is 687 g/mol. The molecular formula is C51H35N3S. The number of para-hydroxylation sites is 2. The highest BCUT2D eigenvalue weighted by Gasteiger charge is 2.36. The van der Waals surface area contributed by atoms with Crippen molar-refractivity contribution in [3.63, 3.8) is 0 Å². The molecule has 0 spiro atoms. The van der Waals surface area contributed by atoms with E-state index in [1.165, 1.54) is 64.6 Å². The fourth-order valence-corrected chi connectivity index (χ4v) is 9.79. The normalized spacial score (nSPS) is 13.1. The lowest BCUT2D eigenvalue weighted by atomic mass is 9.82. The van der Waals surface area contributed by atoms with Crippen LogP contribution in [0, 0.1) is 0 Å². The Balaban J connectivity index is 1.06. The Morgan fingerprint density at radius 1 is 0.491 bits per heavy atom. The van der Waals surface area contributed by atoms with E-state index in [9.17, 15) is 0 Å². The van der Waals surface area contributed by atoms with Crippen molar-refractivity contribution in [2.24, 2.45) is 0 Å². The van der Waals surface area contributed by atoms with Crippen molar-refractivity contribution in [3.05, 3.63) is 187 Å². The van der Waals surface area contributed by atoms with E-state index in [1.54, 1.807) is 0 Å². The van der Waals surface area contributed by atoms with Crippen LogP contribution >= 0.6 is 11.3 Å². The van der Waals surface area contributed by atoms with Gasteiger partial charge in [-0.05, 0) is 87.8 Å². The summed E-state index contributed by atoms with van der Waals surface area (Å²) in [5, 5.41) is 3.78. The molecule has 0 amide bonds. The zero-order valence-electron chi connectivity index (χ0n) is 30.5. The third kappa shape index (κ3) is 5.02. The molecule has 0 unspecified atom stereocenters. The van der Waals surface area contributed by atoms with Gasteiger partial charge in [-0.2, -0.15) is 0 Å². The van der Waals surface area contributed by atoms with Crippen LogP contribution in [0.5, 0.6) is 0 Å². The van der Waals surface area contributed by atoms with Crippen LogP contribution in [0.1, 0.15) is 25.0 Å². The van der Waals surface area contributed by atoms with Crippen molar-refractivity contribution in [2.75, 3.05) is 0 Å². The van der Waals surface area contributed by atoms with Crippen molar-refractivity contribution >= 4 is 43.2 Å². The van der Waals surface area contributed by atoms with Crippen molar-refractivity contribution in [1.29, 1.82) is 0 Å². The topological polar surface area (TPSA) is 30.7 Å². The molecule has 260 valence electrons. The van der Waals surface area contributed by atoms with Crippen LogP contribution in [0.3, 0.4) is 0 Å². The quantitative estimate of drug-likeness (QED) is 0.177. The molecule has 7 aromatic carbocycles. The third-order valence-corrected chi connectivity index (χ3v) is 12.6. The van der Waals surface area contributed by atoms with E-state index in [-0.39, 0.29) is 5.41 Å². The van der Waals surface area contributed by atoms with E-state index in [0.717, 1.165) is 33.8 Å². The van der Waals surface area contributed by atoms with Gasteiger partial charge in [0, 0.05) is 48.1 Å². The molecule has 3 nitrogen and oxygen atoms in total. The highest BCUT2D eigenvalue weighted by molar-refractivity contribution is 7.22. The largest absolute Gasteiger partial charge is 0.309 e. The summed E-state index contributed by atoms with van der Waals surface area (Å²) >= 11 is 1.83. The van der Waals surface area contributed by atoms with Crippen LogP contribution in [0.25, 0.3) is 93.0 Å². The van der Waals surface area contributed by atoms with Crippen LogP contribution in [-0.4, -0.2) is 14.5 Å². The lowest BCUT2D eigenvalue weighted by molar-refractivity contribution is 0.660. The number of fused-ring (bicyclic) bond motifs is 7. The highest BCUT2D eigenvalue weighted by Crippen LogP contribution is 2.52. The van der Waals surface area contributed by atoms with E-state index in [2.05, 4.69) is 194 Å². The molecule has 11 rings (SSSR count). The standard InChI is InChI=1S/C51H35N3S/c1-51(2)41-17-7-4-15-39(41)49-40(16-11-18-42(49)51)44-31-43(32-22-24-33(25-23-32)48-30-35-12-3-10-21-47(35)55-48)52-50(53-44)34-26-28-36(29-27-34)54-45-19-8-5-13-37(45)38-14-6-9-20-46(38)54/h3-31H,1-2H3. The van der Waals surface area contributed by atoms with Gasteiger partial charge in [-0.15, -0.1) is 11.3 Å². The molecule has 10 aromatic rings. The van der Waals surface area contributed by atoms with Gasteiger partial charge in [0.15, 0.2) is 5.82 Å². The van der Waals surface area contributed by atoms with Crippen LogP contribution < -0.4 is 0 Å². The highest BCUT2D eigenvalue weighted by atomic mass is 32.1. The second-order valence-corrected chi connectivity index (χ2v) is 16.1. The second kappa shape index (κ2) is 12.2. The lowest BCUT2D eigenvalue weighted by Gasteiger charge is -2.21. The summed E-state index contributed by atoms with van der Waals surface area (Å²) in [5.41, 5.74) is 14.8. The van der Waals surface area contributed by atoms with Gasteiger partial charge in [0.2, 0.25) is 0 Å². The SMILES string of the molecule is CC1(C)c2ccccc2-c2c(-c3cc(-c4ccc(-c5cc6ccccc6s5)cc4)nc(-c4ccc(-n5c6ccccc6c6ccccc65)cc4)n3)cccc21. The van der Waals surface area contributed by atoms with Gasteiger partial charge in [-0.1, -0.05) is 135 Å². The summed E-state index contributed by atoms with van der Waals surface area (Å²) in [5.74, 6) is 0.706. The van der Waals surface area contributed by atoms with Crippen molar-refractivity contribution in [3.8, 4) is 61.2 Å². The summed E-state index contributed by atoms with van der Waals surface area (Å²) in [4.78, 5) is 11.9. The molecule has 0 saturated heterocycles. The maximum Gasteiger partial charge on any atom is 0.160 e. The third-order valence-electron chi connectivity index (χ3n) is 11.5. The van der Waals surface area contributed by atoms with Crippen molar-refractivity contribution < 1.29 is 0 Å². The molecule has 3 aromatic heterocycles. The fraction of sp³-hybridized carbons (Fsp3) is 0.0588. The summed E-state index contributed by atoms with van der Waals surface area (Å²) in [6, 6.07) is 63.4. The van der Waals surface area contributed by atoms with E-state index >= 15 is 0 Å². The Morgan fingerprint density at radius 2 is 1.09 bits per heavy atom. The maximum atomic E-state index is 5.36. The predicted molar refractivity (Wildman–Crippen MR) is 231 cm³/mol. The average molecular weight is 722 g/mol. The molecule has 55 heavy (non-hydrogen) atoms. The molecule has 0 fully saturated rings. The molecule has 0 saturated carbocycles. The number of nitrogens with zero attached hydrogens (tertiary/aromatic N) is 3. The van der Waals surface area contributed by atoms with Crippen molar-refractivity contribution in [2.45, 2.75) is 19.3 Å². The Bertz CT molecular complexity index is 3020. The number of hydrogen-bond donors (Lipinski definition) is 0. The Kier molecular flexibility index (Phi) is 7.07. The molecule has 0 N–H and O–H groups in total. The minimum atomic E-state index is -0.105. The number of thiophene rings is 1. The Morgan fingerprint density at radius 3 is 1.85 bits per heavy atom. The van der Waals surface area contributed by atoms with Gasteiger partial charge < -0.3 is 4.57 Å². The summed E-state index contributed by atoms with van der Waals surface area (Å²) in [6.45, 7) is 4.66. The lowest BCUT2D eigenvalue weighted by Crippen LogP contribution is -2.14. The minimum Gasteiger partial charge on any atom is -0.309 e. The number of benzene rings is 7. The Hall–Kier alpha value is -6.62. The average Bonchev–Trinajstić information content (AvgIpc) is 3.90. The molecule has 0 bridgehead atoms. The summed E-state index contributed by atoms with van der Waals surface area (Å²) < 4.78 is 3.65. The molecule has 1 aliphatic rings. The van der Waals surface area contributed by atoms with E-state index in [1.807, 2.05) is 11.3 Å². The number of aromatic nitrogens is 3. The molecule has 0 aliphatic heterocycles. The molecule has 3 heterocycles. The number of hydrogen-bond acceptors (Lipinski definition) is 3. The van der Waals surface area contributed by atoms with Crippen LogP contribution in [0.4, 0.5) is 0 Å². The molecule has 0 atom stereocenters. The maximum absolute atomic E-state index is 5.36. The van der Waals surface area contributed by atoms with Gasteiger partial charge in [-0.3, -0.25) is 0 Å². The smallest absolute Gasteiger partial charge is 0.160 e. The molecule has 1 aliphatic carbocycles. The number of rotatable bonds is 5. The first-order valence-corrected chi connectivity index (χ1v) is 19.6. The van der Waals surface area contributed by atoms with E-state index in [4.69, 9.17) is 9.97 Å². The van der Waals surface area contributed by atoms with E-state index in [0.29, 0.717) is 5.82 Å². The summed E-state index contributed by atoms with van der Waals surface area (Å²) in [7, 11) is 0. The van der Waals surface area contributed by atoms with Gasteiger partial charge >= 0.3 is 0 Å². The van der Waals surface area contributed by atoms with E-state index < -0.39 is 0 Å². The van der Waals surface area contributed by atoms with Crippen molar-refractivity contribution in [1.82, 2.24) is 14.5 Å². The van der Waals surface area contributed by atoms with Crippen LogP contribution in [-0.2, 0) is 5.41 Å². The van der Waals surface area contributed by atoms with Crippen LogP contribution in [0.15, 0.2) is 176 Å². The second-order valence-electron chi connectivity index (χ2n) is 15.0. The molecule has 0 radical (unpaired) electrons.